The van der Waals surface area contributed by atoms with Crippen molar-refractivity contribution in [2.45, 2.75) is 65.5 Å². The summed E-state index contributed by atoms with van der Waals surface area (Å²) in [5.41, 5.74) is 2.74. The molecule has 0 saturated carbocycles. The first-order chi connectivity index (χ1) is 12.8. The number of rotatable bonds is 11. The Kier molecular flexibility index (Phi) is 9.51. The summed E-state index contributed by atoms with van der Waals surface area (Å²) < 4.78 is 0. The van der Waals surface area contributed by atoms with E-state index in [9.17, 15) is 10.2 Å². The van der Waals surface area contributed by atoms with Crippen LogP contribution in [0.4, 0.5) is 5.69 Å². The topological polar surface area (TPSA) is 88.7 Å². The van der Waals surface area contributed by atoms with E-state index in [1.54, 1.807) is 38.2 Å². The minimum absolute atomic E-state index is 0.105. The number of aromatic hydroxyl groups is 1. The van der Waals surface area contributed by atoms with Crippen molar-refractivity contribution in [1.82, 2.24) is 0 Å². The van der Waals surface area contributed by atoms with Crippen molar-refractivity contribution in [2.75, 3.05) is 5.32 Å². The molecule has 2 unspecified atom stereocenters. The van der Waals surface area contributed by atoms with Crippen LogP contribution < -0.4 is 5.32 Å². The highest BCUT2D eigenvalue weighted by atomic mass is 16.3. The van der Waals surface area contributed by atoms with Crippen LogP contribution in [-0.2, 0) is 0 Å². The quantitative estimate of drug-likeness (QED) is 0.249. The van der Waals surface area contributed by atoms with Gasteiger partial charge in [-0.1, -0.05) is 32.8 Å². The third kappa shape index (κ3) is 7.79. The van der Waals surface area contributed by atoms with Crippen molar-refractivity contribution in [1.29, 1.82) is 5.41 Å². The first-order valence-electron chi connectivity index (χ1n) is 9.51. The SMILES string of the molecule is C=C(C=N/C=C(\C)C(C)O)C(=N)c1cc(O)ccc1NC(C)CCCCC. The number of nitrogens with zero attached hydrogens (tertiary/aromatic N) is 1. The van der Waals surface area contributed by atoms with Crippen LogP contribution in [0.15, 0.2) is 47.1 Å². The molecule has 1 aromatic carbocycles. The van der Waals surface area contributed by atoms with Gasteiger partial charge in [0.25, 0.3) is 0 Å². The fourth-order valence-electron chi connectivity index (χ4n) is 2.49. The molecular formula is C22H33N3O2. The van der Waals surface area contributed by atoms with E-state index < -0.39 is 6.10 Å². The number of benzene rings is 1. The lowest BCUT2D eigenvalue weighted by Crippen LogP contribution is -2.18. The van der Waals surface area contributed by atoms with Crippen molar-refractivity contribution in [3.8, 4) is 5.75 Å². The zero-order valence-corrected chi connectivity index (χ0v) is 16.9. The lowest BCUT2D eigenvalue weighted by Gasteiger charge is -2.19. The standard InChI is InChI=1S/C22H33N3O2/c1-6-7-8-9-17(4)25-21-11-10-19(27)12-20(21)22(23)16(3)14-24-13-15(2)18(5)26/h10-14,17-18,23,25-27H,3,6-9H2,1-2,4-5H3/b15-13+,23-22?,24-14?. The smallest absolute Gasteiger partial charge is 0.116 e. The number of aliphatic imine (C=N–C) groups is 1. The lowest BCUT2D eigenvalue weighted by molar-refractivity contribution is 0.231. The van der Waals surface area contributed by atoms with Crippen LogP contribution in [0.5, 0.6) is 5.75 Å². The Morgan fingerprint density at radius 3 is 2.67 bits per heavy atom. The number of aliphatic hydroxyl groups excluding tert-OH is 1. The van der Waals surface area contributed by atoms with E-state index >= 15 is 0 Å². The molecule has 1 aromatic rings. The molecule has 0 amide bonds. The minimum atomic E-state index is -0.564. The van der Waals surface area contributed by atoms with Gasteiger partial charge in [-0.05, 0) is 51.0 Å². The van der Waals surface area contributed by atoms with Crippen LogP contribution in [0.1, 0.15) is 58.9 Å². The summed E-state index contributed by atoms with van der Waals surface area (Å²) in [4.78, 5) is 4.13. The number of anilines is 1. The van der Waals surface area contributed by atoms with Gasteiger partial charge in [0.05, 0.1) is 11.8 Å². The van der Waals surface area contributed by atoms with E-state index in [2.05, 4.69) is 30.7 Å². The van der Waals surface area contributed by atoms with Crippen LogP contribution >= 0.6 is 0 Å². The van der Waals surface area contributed by atoms with Crippen LogP contribution in [-0.4, -0.2) is 34.3 Å². The highest BCUT2D eigenvalue weighted by Crippen LogP contribution is 2.25. The number of phenolic OH excluding ortho intramolecular Hbond substituents is 1. The van der Waals surface area contributed by atoms with Gasteiger partial charge in [0.2, 0.25) is 0 Å². The minimum Gasteiger partial charge on any atom is -0.508 e. The Morgan fingerprint density at radius 2 is 2.04 bits per heavy atom. The van der Waals surface area contributed by atoms with Crippen molar-refractivity contribution in [2.24, 2.45) is 4.99 Å². The molecule has 0 saturated heterocycles. The Balaban J connectivity index is 2.92. The zero-order valence-electron chi connectivity index (χ0n) is 16.9. The van der Waals surface area contributed by atoms with Crippen molar-refractivity contribution in [3.05, 3.63) is 47.7 Å². The second kappa shape index (κ2) is 11.3. The summed E-state index contributed by atoms with van der Waals surface area (Å²) in [5, 5.41) is 31.2. The first-order valence-corrected chi connectivity index (χ1v) is 9.51. The van der Waals surface area contributed by atoms with E-state index in [-0.39, 0.29) is 17.5 Å². The predicted octanol–water partition coefficient (Wildman–Crippen LogP) is 5.05. The van der Waals surface area contributed by atoms with E-state index in [1.165, 1.54) is 19.1 Å². The van der Waals surface area contributed by atoms with Gasteiger partial charge in [-0.2, -0.15) is 0 Å². The zero-order chi connectivity index (χ0) is 20.4. The largest absolute Gasteiger partial charge is 0.508 e. The molecule has 4 N–H and O–H groups in total. The monoisotopic (exact) mass is 371 g/mol. The molecule has 1 rings (SSSR count). The van der Waals surface area contributed by atoms with Gasteiger partial charge >= 0.3 is 0 Å². The maximum Gasteiger partial charge on any atom is 0.116 e. The Hall–Kier alpha value is -2.40. The number of allylic oxidation sites excluding steroid dienone is 1. The highest BCUT2D eigenvalue weighted by molar-refractivity contribution is 6.24. The number of hydrogen-bond acceptors (Lipinski definition) is 5. The summed E-state index contributed by atoms with van der Waals surface area (Å²) >= 11 is 0. The highest BCUT2D eigenvalue weighted by Gasteiger charge is 2.13. The Bertz CT molecular complexity index is 706. The number of hydrogen-bond donors (Lipinski definition) is 4. The van der Waals surface area contributed by atoms with Gasteiger partial charge in [-0.15, -0.1) is 0 Å². The van der Waals surface area contributed by atoms with Crippen LogP contribution in [0, 0.1) is 5.41 Å². The average molecular weight is 372 g/mol. The summed E-state index contributed by atoms with van der Waals surface area (Å²) in [6.45, 7) is 11.7. The Labute approximate surface area is 163 Å². The maximum atomic E-state index is 9.86. The second-order valence-electron chi connectivity index (χ2n) is 7.00. The van der Waals surface area contributed by atoms with Crippen molar-refractivity contribution < 1.29 is 10.2 Å². The lowest BCUT2D eigenvalue weighted by atomic mass is 10.0. The van der Waals surface area contributed by atoms with E-state index in [0.717, 1.165) is 24.1 Å². The summed E-state index contributed by atoms with van der Waals surface area (Å²) in [5.74, 6) is 0.105. The first kappa shape index (κ1) is 22.6. The fraction of sp³-hybridized carbons (Fsp3) is 0.455. The molecule has 0 aliphatic carbocycles. The fourth-order valence-corrected chi connectivity index (χ4v) is 2.49. The van der Waals surface area contributed by atoms with Gasteiger partial charge in [0.1, 0.15) is 5.75 Å². The third-order valence-electron chi connectivity index (χ3n) is 4.40. The summed E-state index contributed by atoms with van der Waals surface area (Å²) in [7, 11) is 0. The number of unbranched alkanes of at least 4 members (excludes halogenated alkanes) is 2. The van der Waals surface area contributed by atoms with Crippen molar-refractivity contribution in [3.63, 3.8) is 0 Å². The molecule has 0 spiro atoms. The molecule has 27 heavy (non-hydrogen) atoms. The maximum absolute atomic E-state index is 9.86. The van der Waals surface area contributed by atoms with Gasteiger partial charge < -0.3 is 15.5 Å². The molecule has 0 radical (unpaired) electrons. The van der Waals surface area contributed by atoms with Crippen LogP contribution in [0.2, 0.25) is 0 Å². The van der Waals surface area contributed by atoms with Gasteiger partial charge in [0, 0.05) is 35.3 Å². The van der Waals surface area contributed by atoms with E-state index in [4.69, 9.17) is 5.41 Å². The predicted molar refractivity (Wildman–Crippen MR) is 115 cm³/mol. The molecule has 0 fully saturated rings. The van der Waals surface area contributed by atoms with E-state index in [0.29, 0.717) is 11.1 Å². The molecule has 0 aromatic heterocycles. The number of nitrogens with one attached hydrogen (secondary N) is 2. The molecule has 0 aliphatic heterocycles. The van der Waals surface area contributed by atoms with Crippen LogP contribution in [0.25, 0.3) is 0 Å². The molecule has 0 aliphatic rings. The van der Waals surface area contributed by atoms with Gasteiger partial charge in [-0.3, -0.25) is 10.4 Å². The van der Waals surface area contributed by atoms with Gasteiger partial charge in [0.15, 0.2) is 0 Å². The molecule has 5 nitrogen and oxygen atoms in total. The van der Waals surface area contributed by atoms with E-state index in [1.807, 2.05) is 0 Å². The molecule has 0 heterocycles. The van der Waals surface area contributed by atoms with Crippen LogP contribution in [0.3, 0.4) is 0 Å². The molecule has 5 heteroatoms. The molecule has 0 bridgehead atoms. The normalized spacial score (nSPS) is 14.2. The second-order valence-corrected chi connectivity index (χ2v) is 7.00. The molecular weight excluding hydrogens is 338 g/mol. The van der Waals surface area contributed by atoms with Crippen molar-refractivity contribution >= 4 is 17.6 Å². The summed E-state index contributed by atoms with van der Waals surface area (Å²) in [6, 6.07) is 5.24. The summed E-state index contributed by atoms with van der Waals surface area (Å²) in [6.07, 6.45) is 7.08. The Morgan fingerprint density at radius 1 is 1.33 bits per heavy atom. The molecule has 148 valence electrons. The van der Waals surface area contributed by atoms with Gasteiger partial charge in [-0.25, -0.2) is 0 Å². The number of aliphatic hydroxyl groups is 1. The molecule has 2 atom stereocenters. The average Bonchev–Trinajstić information content (AvgIpc) is 2.62. The third-order valence-corrected chi connectivity index (χ3v) is 4.40. The number of phenols is 1.